The minimum Gasteiger partial charge on any atom is -0.494 e. The van der Waals surface area contributed by atoms with Gasteiger partial charge in [0.15, 0.2) is 0 Å². The monoisotopic (exact) mass is 327 g/mol. The van der Waals surface area contributed by atoms with Gasteiger partial charge in [-0.3, -0.25) is 0 Å². The fourth-order valence-electron chi connectivity index (χ4n) is 1.36. The van der Waals surface area contributed by atoms with Crippen molar-refractivity contribution in [1.29, 1.82) is 0 Å². The van der Waals surface area contributed by atoms with Gasteiger partial charge in [-0.2, -0.15) is 0 Å². The topological polar surface area (TPSA) is 31.4 Å². The summed E-state index contributed by atoms with van der Waals surface area (Å²) in [5.41, 5.74) is 0. The van der Waals surface area contributed by atoms with E-state index in [1.54, 1.807) is 12.3 Å². The summed E-state index contributed by atoms with van der Waals surface area (Å²) in [4.78, 5) is 4.10. The van der Waals surface area contributed by atoms with Crippen LogP contribution in [0, 0.1) is 0 Å². The smallest absolute Gasteiger partial charge is 0.238 e. The van der Waals surface area contributed by atoms with Crippen LogP contribution < -0.4 is 9.47 Å². The molecule has 1 aromatic heterocycles. The summed E-state index contributed by atoms with van der Waals surface area (Å²) in [5.74, 6) is 1.85. The van der Waals surface area contributed by atoms with Crippen LogP contribution in [0.4, 0.5) is 0 Å². The third-order valence-corrected chi connectivity index (χ3v) is 2.83. The molecule has 1 heterocycles. The van der Waals surface area contributed by atoms with Crippen molar-refractivity contribution in [1.82, 2.24) is 4.98 Å². The van der Waals surface area contributed by atoms with Crippen molar-refractivity contribution in [2.45, 2.75) is 6.92 Å². The van der Waals surface area contributed by atoms with Crippen molar-refractivity contribution in [2.75, 3.05) is 6.61 Å². The first-order chi connectivity index (χ1) is 8.69. The van der Waals surface area contributed by atoms with Gasteiger partial charge >= 0.3 is 0 Å². The van der Waals surface area contributed by atoms with Crippen LogP contribution in [0.15, 0.2) is 41.0 Å². The molecule has 2 rings (SSSR count). The summed E-state index contributed by atoms with van der Waals surface area (Å²) in [6, 6.07) is 9.03. The Morgan fingerprint density at radius 3 is 2.50 bits per heavy atom. The third-order valence-electron chi connectivity index (χ3n) is 2.12. The van der Waals surface area contributed by atoms with E-state index in [9.17, 15) is 0 Å². The Morgan fingerprint density at radius 2 is 1.89 bits per heavy atom. The Kier molecular flexibility index (Phi) is 4.44. The zero-order chi connectivity index (χ0) is 13.0. The SMILES string of the molecule is CCOc1ccc(Oc2ncc(Br)cc2Cl)cc1. The van der Waals surface area contributed by atoms with Gasteiger partial charge in [0.2, 0.25) is 5.88 Å². The van der Waals surface area contributed by atoms with E-state index < -0.39 is 0 Å². The van der Waals surface area contributed by atoms with Crippen molar-refractivity contribution in [3.05, 3.63) is 46.0 Å². The molecule has 0 aliphatic heterocycles. The Hall–Kier alpha value is -1.26. The number of hydrogen-bond donors (Lipinski definition) is 0. The second-order valence-corrected chi connectivity index (χ2v) is 4.77. The zero-order valence-corrected chi connectivity index (χ0v) is 12.0. The fourth-order valence-corrected chi connectivity index (χ4v) is 2.03. The number of aromatic nitrogens is 1. The molecule has 0 amide bonds. The Morgan fingerprint density at radius 1 is 1.22 bits per heavy atom. The van der Waals surface area contributed by atoms with Gasteiger partial charge in [-0.15, -0.1) is 0 Å². The van der Waals surface area contributed by atoms with Gasteiger partial charge in [0.25, 0.3) is 0 Å². The Balaban J connectivity index is 2.13. The van der Waals surface area contributed by atoms with Crippen molar-refractivity contribution in [3.63, 3.8) is 0 Å². The van der Waals surface area contributed by atoms with Crippen LogP contribution in [-0.2, 0) is 0 Å². The lowest BCUT2D eigenvalue weighted by atomic mass is 10.3. The lowest BCUT2D eigenvalue weighted by molar-refractivity contribution is 0.339. The van der Waals surface area contributed by atoms with Gasteiger partial charge < -0.3 is 9.47 Å². The van der Waals surface area contributed by atoms with Crippen LogP contribution in [-0.4, -0.2) is 11.6 Å². The molecule has 3 nitrogen and oxygen atoms in total. The van der Waals surface area contributed by atoms with Crippen LogP contribution in [0.25, 0.3) is 0 Å². The highest BCUT2D eigenvalue weighted by atomic mass is 79.9. The van der Waals surface area contributed by atoms with Crippen molar-refractivity contribution in [3.8, 4) is 17.4 Å². The molecular weight excluding hydrogens is 318 g/mol. The van der Waals surface area contributed by atoms with E-state index in [-0.39, 0.29) is 0 Å². The third kappa shape index (κ3) is 3.37. The average molecular weight is 329 g/mol. The number of pyridine rings is 1. The van der Waals surface area contributed by atoms with E-state index in [0.29, 0.717) is 23.3 Å². The molecule has 94 valence electrons. The molecule has 2 aromatic rings. The lowest BCUT2D eigenvalue weighted by Crippen LogP contribution is -1.92. The normalized spacial score (nSPS) is 10.2. The van der Waals surface area contributed by atoms with Gasteiger partial charge in [-0.1, -0.05) is 11.6 Å². The molecule has 0 fully saturated rings. The van der Waals surface area contributed by atoms with E-state index in [1.165, 1.54) is 0 Å². The van der Waals surface area contributed by atoms with E-state index in [0.717, 1.165) is 10.2 Å². The van der Waals surface area contributed by atoms with Crippen LogP contribution in [0.5, 0.6) is 17.4 Å². The Bertz CT molecular complexity index is 531. The van der Waals surface area contributed by atoms with Gasteiger partial charge in [-0.25, -0.2) is 4.98 Å². The van der Waals surface area contributed by atoms with Crippen molar-refractivity contribution in [2.24, 2.45) is 0 Å². The molecule has 0 radical (unpaired) electrons. The molecule has 0 aliphatic carbocycles. The standard InChI is InChI=1S/C13H11BrClNO2/c1-2-17-10-3-5-11(6-4-10)18-13-12(15)7-9(14)8-16-13/h3-8H,2H2,1H3. The van der Waals surface area contributed by atoms with Crippen LogP contribution in [0.2, 0.25) is 5.02 Å². The minimum absolute atomic E-state index is 0.379. The average Bonchev–Trinajstić information content (AvgIpc) is 2.35. The Labute approximate surface area is 119 Å². The molecule has 0 unspecified atom stereocenters. The number of ether oxygens (including phenoxy) is 2. The maximum Gasteiger partial charge on any atom is 0.238 e. The van der Waals surface area contributed by atoms with Gasteiger partial charge in [0.1, 0.15) is 16.5 Å². The van der Waals surface area contributed by atoms with E-state index >= 15 is 0 Å². The largest absolute Gasteiger partial charge is 0.494 e. The summed E-state index contributed by atoms with van der Waals surface area (Å²) in [6.45, 7) is 2.58. The zero-order valence-electron chi connectivity index (χ0n) is 9.69. The molecule has 0 spiro atoms. The number of hydrogen-bond acceptors (Lipinski definition) is 3. The molecule has 0 saturated heterocycles. The van der Waals surface area contributed by atoms with E-state index in [4.69, 9.17) is 21.1 Å². The van der Waals surface area contributed by atoms with Crippen LogP contribution in [0.3, 0.4) is 0 Å². The first-order valence-corrected chi connectivity index (χ1v) is 6.58. The molecule has 0 aliphatic rings. The fraction of sp³-hybridized carbons (Fsp3) is 0.154. The lowest BCUT2D eigenvalue weighted by Gasteiger charge is -2.07. The number of halogens is 2. The molecule has 0 atom stereocenters. The van der Waals surface area contributed by atoms with Gasteiger partial charge in [0, 0.05) is 10.7 Å². The van der Waals surface area contributed by atoms with Crippen molar-refractivity contribution >= 4 is 27.5 Å². The van der Waals surface area contributed by atoms with Gasteiger partial charge in [-0.05, 0) is 53.2 Å². The first-order valence-electron chi connectivity index (χ1n) is 5.41. The van der Waals surface area contributed by atoms with Crippen LogP contribution >= 0.6 is 27.5 Å². The maximum atomic E-state index is 6.02. The molecule has 1 aromatic carbocycles. The highest BCUT2D eigenvalue weighted by Gasteiger charge is 2.05. The summed E-state index contributed by atoms with van der Waals surface area (Å²) in [5, 5.41) is 0.457. The highest BCUT2D eigenvalue weighted by Crippen LogP contribution is 2.29. The molecule has 5 heteroatoms. The number of rotatable bonds is 4. The second kappa shape index (κ2) is 6.07. The molecule has 0 bridgehead atoms. The molecule has 0 saturated carbocycles. The maximum absolute atomic E-state index is 6.02. The minimum atomic E-state index is 0.379. The summed E-state index contributed by atoms with van der Waals surface area (Å²) in [7, 11) is 0. The quantitative estimate of drug-likeness (QED) is 0.816. The highest BCUT2D eigenvalue weighted by molar-refractivity contribution is 9.10. The second-order valence-electron chi connectivity index (χ2n) is 3.45. The van der Waals surface area contributed by atoms with E-state index in [2.05, 4.69) is 20.9 Å². The summed E-state index contributed by atoms with van der Waals surface area (Å²) >= 11 is 9.31. The summed E-state index contributed by atoms with van der Waals surface area (Å²) in [6.07, 6.45) is 1.63. The van der Waals surface area contributed by atoms with Gasteiger partial charge in [0.05, 0.1) is 6.61 Å². The van der Waals surface area contributed by atoms with Crippen molar-refractivity contribution < 1.29 is 9.47 Å². The first kappa shape index (κ1) is 13.2. The predicted molar refractivity (Wildman–Crippen MR) is 74.6 cm³/mol. The van der Waals surface area contributed by atoms with E-state index in [1.807, 2.05) is 31.2 Å². The molecule has 18 heavy (non-hydrogen) atoms. The number of benzene rings is 1. The number of nitrogens with zero attached hydrogens (tertiary/aromatic N) is 1. The predicted octanol–water partition coefficient (Wildman–Crippen LogP) is 4.69. The molecular formula is C13H11BrClNO2. The van der Waals surface area contributed by atoms with Crippen LogP contribution in [0.1, 0.15) is 6.92 Å². The molecule has 0 N–H and O–H groups in total. The summed E-state index contributed by atoms with van der Waals surface area (Å²) < 4.78 is 11.7.